The number of aromatic nitrogens is 3. The first-order valence-corrected chi connectivity index (χ1v) is 7.80. The molecule has 11 heteroatoms. The van der Waals surface area contributed by atoms with Gasteiger partial charge in [0.1, 0.15) is 22.7 Å². The Morgan fingerprint density at radius 2 is 1.82 bits per heavy atom. The second-order valence-electron chi connectivity index (χ2n) is 5.83. The number of fused-ring (bicyclic) bond motifs is 1. The fourth-order valence-corrected chi connectivity index (χ4v) is 2.78. The third-order valence-electron chi connectivity index (χ3n) is 4.06. The van der Waals surface area contributed by atoms with E-state index in [2.05, 4.69) is 14.7 Å². The van der Waals surface area contributed by atoms with Crippen molar-refractivity contribution in [1.82, 2.24) is 14.5 Å². The molecule has 3 heterocycles. The first kappa shape index (κ1) is 19.1. The van der Waals surface area contributed by atoms with Gasteiger partial charge in [0.15, 0.2) is 0 Å². The van der Waals surface area contributed by atoms with Crippen LogP contribution in [0.1, 0.15) is 21.7 Å². The third kappa shape index (κ3) is 3.00. The lowest BCUT2D eigenvalue weighted by Gasteiger charge is -2.17. The molecular weight excluding hydrogens is 379 g/mol. The van der Waals surface area contributed by atoms with Gasteiger partial charge in [-0.25, -0.2) is 14.8 Å². The van der Waals surface area contributed by atoms with Crippen LogP contribution < -0.4 is 17.0 Å². The van der Waals surface area contributed by atoms with Gasteiger partial charge in [-0.05, 0) is 31.2 Å². The Bertz CT molecular complexity index is 1170. The lowest BCUT2D eigenvalue weighted by Crippen LogP contribution is -2.29. The van der Waals surface area contributed by atoms with Crippen LogP contribution >= 0.6 is 0 Å². The summed E-state index contributed by atoms with van der Waals surface area (Å²) in [7, 11) is 1.05. The molecule has 3 aromatic rings. The van der Waals surface area contributed by atoms with E-state index in [9.17, 15) is 22.8 Å². The van der Waals surface area contributed by atoms with Crippen LogP contribution in [0, 0.1) is 6.92 Å². The van der Waals surface area contributed by atoms with Crippen molar-refractivity contribution < 1.29 is 22.7 Å². The van der Waals surface area contributed by atoms with Gasteiger partial charge in [0, 0.05) is 5.39 Å². The van der Waals surface area contributed by atoms with Gasteiger partial charge in [0.25, 0.3) is 5.56 Å². The number of nitrogens with two attached hydrogens (primary N) is 2. The van der Waals surface area contributed by atoms with Crippen LogP contribution in [0.5, 0.6) is 0 Å². The predicted octanol–water partition coefficient (Wildman–Crippen LogP) is 2.06. The van der Waals surface area contributed by atoms with E-state index in [1.165, 1.54) is 19.1 Å². The Balaban J connectivity index is 2.54. The molecule has 28 heavy (non-hydrogen) atoms. The molecule has 0 aliphatic rings. The monoisotopic (exact) mass is 393 g/mol. The quantitative estimate of drug-likeness (QED) is 0.638. The number of halogens is 3. The molecule has 0 aliphatic heterocycles. The van der Waals surface area contributed by atoms with Crippen LogP contribution in [0.4, 0.5) is 24.7 Å². The smallest absolute Gasteiger partial charge is 0.433 e. The van der Waals surface area contributed by atoms with Crippen LogP contribution in [-0.2, 0) is 10.9 Å². The van der Waals surface area contributed by atoms with Crippen LogP contribution in [0.3, 0.4) is 0 Å². The summed E-state index contributed by atoms with van der Waals surface area (Å²) in [5.74, 6) is -0.884. The van der Waals surface area contributed by atoms with E-state index in [1.54, 1.807) is 0 Å². The molecule has 146 valence electrons. The molecule has 0 aromatic carbocycles. The third-order valence-corrected chi connectivity index (χ3v) is 4.06. The molecule has 8 nitrogen and oxygen atoms in total. The van der Waals surface area contributed by atoms with E-state index in [0.29, 0.717) is 6.07 Å². The number of hydrogen-bond acceptors (Lipinski definition) is 7. The number of ether oxygens (including phenoxy) is 1. The average molecular weight is 393 g/mol. The number of hydrogen-bond donors (Lipinski definition) is 2. The first-order chi connectivity index (χ1) is 13.1. The fourth-order valence-electron chi connectivity index (χ4n) is 2.78. The van der Waals surface area contributed by atoms with Crippen molar-refractivity contribution in [3.8, 4) is 5.69 Å². The molecule has 0 atom stereocenters. The topological polar surface area (TPSA) is 126 Å². The largest absolute Gasteiger partial charge is 0.465 e. The Morgan fingerprint density at radius 1 is 1.14 bits per heavy atom. The molecule has 3 aromatic heterocycles. The van der Waals surface area contributed by atoms with Crippen molar-refractivity contribution in [1.29, 1.82) is 0 Å². The Labute approximate surface area is 155 Å². The molecule has 0 bridgehead atoms. The lowest BCUT2D eigenvalue weighted by atomic mass is 10.1. The van der Waals surface area contributed by atoms with E-state index >= 15 is 0 Å². The minimum absolute atomic E-state index is 0.0239. The van der Waals surface area contributed by atoms with Gasteiger partial charge in [0.2, 0.25) is 0 Å². The van der Waals surface area contributed by atoms with Gasteiger partial charge in [-0.2, -0.15) is 13.2 Å². The zero-order chi connectivity index (χ0) is 20.8. The standard InChI is InChI=1S/C17H14F3N5O3/c1-7-9(4-6-11(21)23-7)25-14-8(3-5-10(24-14)17(18,19)20)13(22)12(15(25)26)16(27)28-2/h3-6H,22H2,1-2H3,(H2,21,23). The highest BCUT2D eigenvalue weighted by Crippen LogP contribution is 2.31. The number of pyridine rings is 3. The number of nitrogens with zero attached hydrogens (tertiary/aromatic N) is 3. The molecule has 0 aliphatic carbocycles. The molecule has 0 fully saturated rings. The summed E-state index contributed by atoms with van der Waals surface area (Å²) in [6.45, 7) is 1.51. The first-order valence-electron chi connectivity index (χ1n) is 7.80. The molecule has 0 saturated carbocycles. The minimum Gasteiger partial charge on any atom is -0.465 e. The van der Waals surface area contributed by atoms with Gasteiger partial charge in [-0.1, -0.05) is 0 Å². The zero-order valence-corrected chi connectivity index (χ0v) is 14.7. The summed E-state index contributed by atoms with van der Waals surface area (Å²) in [5.41, 5.74) is 8.40. The molecular formula is C17H14F3N5O3. The summed E-state index contributed by atoms with van der Waals surface area (Å²) >= 11 is 0. The minimum atomic E-state index is -4.75. The Kier molecular flexibility index (Phi) is 4.45. The van der Waals surface area contributed by atoms with Crippen molar-refractivity contribution in [3.05, 3.63) is 51.6 Å². The number of alkyl halides is 3. The van der Waals surface area contributed by atoms with Crippen molar-refractivity contribution in [3.63, 3.8) is 0 Å². The normalized spacial score (nSPS) is 11.6. The number of rotatable bonds is 2. The second-order valence-corrected chi connectivity index (χ2v) is 5.83. The maximum atomic E-state index is 13.2. The van der Waals surface area contributed by atoms with E-state index in [0.717, 1.165) is 17.7 Å². The highest BCUT2D eigenvalue weighted by molar-refractivity contribution is 6.03. The van der Waals surface area contributed by atoms with Gasteiger partial charge >= 0.3 is 12.1 Å². The molecule has 0 amide bonds. The SMILES string of the molecule is COC(=O)c1c(N)c2ccc(C(F)(F)F)nc2n(-c2ccc(N)nc2C)c1=O. The molecule has 0 spiro atoms. The molecule has 4 N–H and O–H groups in total. The van der Waals surface area contributed by atoms with Crippen molar-refractivity contribution in [2.75, 3.05) is 18.6 Å². The number of methoxy groups -OCH3 is 1. The van der Waals surface area contributed by atoms with Crippen molar-refractivity contribution >= 4 is 28.5 Å². The summed E-state index contributed by atoms with van der Waals surface area (Å²) in [6, 6.07) is 4.51. The number of anilines is 2. The van der Waals surface area contributed by atoms with Crippen LogP contribution in [0.2, 0.25) is 0 Å². The molecule has 0 saturated heterocycles. The second kappa shape index (κ2) is 6.51. The number of esters is 1. The van der Waals surface area contributed by atoms with E-state index in [1.807, 2.05) is 0 Å². The number of carbonyl (C=O) groups excluding carboxylic acids is 1. The number of nitrogen functional groups attached to an aromatic ring is 2. The van der Waals surface area contributed by atoms with Gasteiger partial charge in [-0.15, -0.1) is 0 Å². The Morgan fingerprint density at radius 3 is 2.39 bits per heavy atom. The van der Waals surface area contributed by atoms with Crippen molar-refractivity contribution in [2.45, 2.75) is 13.1 Å². The molecule has 3 rings (SSSR count). The average Bonchev–Trinajstić information content (AvgIpc) is 2.62. The summed E-state index contributed by atoms with van der Waals surface area (Å²) < 4.78 is 44.9. The highest BCUT2D eigenvalue weighted by Gasteiger charge is 2.34. The van der Waals surface area contributed by atoms with E-state index in [4.69, 9.17) is 11.5 Å². The maximum absolute atomic E-state index is 13.2. The Hall–Kier alpha value is -3.63. The van der Waals surface area contributed by atoms with Crippen LogP contribution in [-0.4, -0.2) is 27.6 Å². The van der Waals surface area contributed by atoms with Crippen LogP contribution in [0.25, 0.3) is 16.7 Å². The predicted molar refractivity (Wildman–Crippen MR) is 95.0 cm³/mol. The number of carbonyl (C=O) groups is 1. The van der Waals surface area contributed by atoms with Crippen molar-refractivity contribution in [2.24, 2.45) is 0 Å². The van der Waals surface area contributed by atoms with Crippen LogP contribution in [0.15, 0.2) is 29.1 Å². The van der Waals surface area contributed by atoms with Gasteiger partial charge in [0.05, 0.1) is 24.2 Å². The van der Waals surface area contributed by atoms with E-state index in [-0.39, 0.29) is 33.9 Å². The number of aryl methyl sites for hydroxylation is 1. The van der Waals surface area contributed by atoms with Gasteiger partial charge < -0.3 is 16.2 Å². The highest BCUT2D eigenvalue weighted by atomic mass is 19.4. The van der Waals surface area contributed by atoms with Gasteiger partial charge in [-0.3, -0.25) is 9.36 Å². The molecule has 0 radical (unpaired) electrons. The molecule has 0 unspecified atom stereocenters. The van der Waals surface area contributed by atoms with E-state index < -0.39 is 29.0 Å². The summed E-state index contributed by atoms with van der Waals surface area (Å²) in [4.78, 5) is 32.7. The summed E-state index contributed by atoms with van der Waals surface area (Å²) in [6.07, 6.45) is -4.75. The fraction of sp³-hybridized carbons (Fsp3) is 0.176. The zero-order valence-electron chi connectivity index (χ0n) is 14.7. The summed E-state index contributed by atoms with van der Waals surface area (Å²) in [5, 5.41) is -0.0239. The maximum Gasteiger partial charge on any atom is 0.433 e. The lowest BCUT2D eigenvalue weighted by molar-refractivity contribution is -0.141.